The van der Waals surface area contributed by atoms with Crippen LogP contribution in [0.25, 0.3) is 0 Å². The fourth-order valence-electron chi connectivity index (χ4n) is 1.82. The van der Waals surface area contributed by atoms with Gasteiger partial charge in [0.15, 0.2) is 0 Å². The minimum atomic E-state index is -0.436. The third-order valence-electron chi connectivity index (χ3n) is 2.74. The van der Waals surface area contributed by atoms with Crippen LogP contribution in [0, 0.1) is 11.6 Å². The summed E-state index contributed by atoms with van der Waals surface area (Å²) >= 11 is 9.38. The summed E-state index contributed by atoms with van der Waals surface area (Å²) in [6.45, 7) is 1.88. The number of ether oxygens (including phenoxy) is 1. The Labute approximate surface area is 129 Å². The first-order valence-corrected chi connectivity index (χ1v) is 7.28. The standard InChI is InChI=1S/C14H11BBrClF2O/c1-15(16)14(9-3-2-4-10(18)7-9)20-13-6-5-11(19)8-12(13)17/h2-8,14H,1H3/t14-/m0/s1. The number of hydrogen-bond donors (Lipinski definition) is 0. The van der Waals surface area contributed by atoms with Crippen molar-refractivity contribution in [3.63, 3.8) is 0 Å². The van der Waals surface area contributed by atoms with Crippen molar-refractivity contribution in [1.82, 2.24) is 0 Å². The van der Waals surface area contributed by atoms with Crippen LogP contribution < -0.4 is 4.74 Å². The number of halogens is 4. The third kappa shape index (κ3) is 3.73. The molecule has 0 saturated carbocycles. The molecule has 0 unspecified atom stereocenters. The fourth-order valence-corrected chi connectivity index (χ4v) is 2.44. The molecule has 0 aliphatic rings. The maximum Gasteiger partial charge on any atom is 0.272 e. The lowest BCUT2D eigenvalue weighted by atomic mass is 9.70. The summed E-state index contributed by atoms with van der Waals surface area (Å²) in [6, 6.07) is 9.62. The Morgan fingerprint density at radius 3 is 2.45 bits per heavy atom. The molecule has 6 heteroatoms. The van der Waals surface area contributed by atoms with Crippen LogP contribution in [0.4, 0.5) is 8.78 Å². The van der Waals surface area contributed by atoms with Gasteiger partial charge in [0.1, 0.15) is 23.4 Å². The second kappa shape index (κ2) is 6.59. The highest BCUT2D eigenvalue weighted by Gasteiger charge is 2.24. The summed E-state index contributed by atoms with van der Waals surface area (Å²) in [5, 5.41) is 0.180. The molecule has 0 amide bonds. The van der Waals surface area contributed by atoms with E-state index in [4.69, 9.17) is 16.3 Å². The van der Waals surface area contributed by atoms with Crippen LogP contribution in [-0.2, 0) is 0 Å². The molecule has 104 valence electrons. The van der Waals surface area contributed by atoms with Crippen molar-refractivity contribution in [2.45, 2.75) is 12.8 Å². The lowest BCUT2D eigenvalue weighted by Gasteiger charge is -2.21. The van der Waals surface area contributed by atoms with E-state index in [1.54, 1.807) is 12.1 Å². The molecule has 0 bridgehead atoms. The van der Waals surface area contributed by atoms with E-state index in [1.165, 1.54) is 30.3 Å². The first-order valence-electron chi connectivity index (χ1n) is 5.98. The van der Waals surface area contributed by atoms with Crippen molar-refractivity contribution in [2.24, 2.45) is 0 Å². The third-order valence-corrected chi connectivity index (χ3v) is 3.52. The second-order valence-corrected chi connectivity index (χ2v) is 6.20. The minimum absolute atomic E-state index is 0.0783. The van der Waals surface area contributed by atoms with E-state index in [9.17, 15) is 8.78 Å². The number of hydrogen-bond acceptors (Lipinski definition) is 1. The summed E-state index contributed by atoms with van der Waals surface area (Å²) in [7, 11) is 0. The fraction of sp³-hybridized carbons (Fsp3) is 0.143. The molecule has 0 heterocycles. The van der Waals surface area contributed by atoms with Gasteiger partial charge in [-0.15, -0.1) is 0 Å². The highest BCUT2D eigenvalue weighted by Crippen LogP contribution is 2.32. The maximum atomic E-state index is 13.3. The van der Waals surface area contributed by atoms with Gasteiger partial charge in [0.2, 0.25) is 0 Å². The van der Waals surface area contributed by atoms with E-state index in [0.29, 0.717) is 11.3 Å². The largest absolute Gasteiger partial charge is 0.492 e. The molecule has 0 fully saturated rings. The molecule has 20 heavy (non-hydrogen) atoms. The monoisotopic (exact) mass is 358 g/mol. The SMILES string of the molecule is CB(Br)[C@@H](Oc1ccc(F)cc1Cl)c1cccc(F)c1. The predicted octanol–water partition coefficient (Wildman–Crippen LogP) is 5.29. The van der Waals surface area contributed by atoms with E-state index in [2.05, 4.69) is 15.8 Å². The molecule has 0 aromatic heterocycles. The van der Waals surface area contributed by atoms with Gasteiger partial charge in [0.25, 0.3) is 5.54 Å². The topological polar surface area (TPSA) is 9.23 Å². The average Bonchev–Trinajstić information content (AvgIpc) is 2.37. The van der Waals surface area contributed by atoms with Crippen LogP contribution in [0.2, 0.25) is 11.8 Å². The van der Waals surface area contributed by atoms with Gasteiger partial charge in [-0.3, -0.25) is 0 Å². The van der Waals surface area contributed by atoms with Crippen molar-refractivity contribution >= 4 is 32.9 Å². The predicted molar refractivity (Wildman–Crippen MR) is 81.7 cm³/mol. The Kier molecular flexibility index (Phi) is 5.05. The van der Waals surface area contributed by atoms with Crippen molar-refractivity contribution in [1.29, 1.82) is 0 Å². The first-order chi connectivity index (χ1) is 9.47. The van der Waals surface area contributed by atoms with Gasteiger partial charge in [0.05, 0.1) is 5.02 Å². The molecule has 0 aliphatic heterocycles. The molecule has 1 nitrogen and oxygen atoms in total. The van der Waals surface area contributed by atoms with Gasteiger partial charge >= 0.3 is 0 Å². The summed E-state index contributed by atoms with van der Waals surface area (Å²) in [5.41, 5.74) is 0.597. The van der Waals surface area contributed by atoms with Gasteiger partial charge in [-0.2, -0.15) is 15.8 Å². The van der Waals surface area contributed by atoms with Crippen LogP contribution in [-0.4, -0.2) is 5.54 Å². The summed E-state index contributed by atoms with van der Waals surface area (Å²) in [4.78, 5) is 0. The van der Waals surface area contributed by atoms with E-state index >= 15 is 0 Å². The first kappa shape index (κ1) is 15.3. The zero-order chi connectivity index (χ0) is 14.7. The molecule has 0 N–H and O–H groups in total. The molecule has 0 radical (unpaired) electrons. The highest BCUT2D eigenvalue weighted by atomic mass is 79.9. The van der Waals surface area contributed by atoms with Crippen LogP contribution in [0.5, 0.6) is 5.75 Å². The van der Waals surface area contributed by atoms with Gasteiger partial charge in [-0.1, -0.05) is 30.6 Å². The molecule has 0 spiro atoms. The summed E-state index contributed by atoms with van der Waals surface area (Å²) in [5.74, 6) is -0.417. The van der Waals surface area contributed by atoms with Gasteiger partial charge in [-0.25, -0.2) is 8.78 Å². The quantitative estimate of drug-likeness (QED) is 0.674. The lowest BCUT2D eigenvalue weighted by Crippen LogP contribution is -2.20. The average molecular weight is 359 g/mol. The van der Waals surface area contributed by atoms with E-state index < -0.39 is 11.8 Å². The van der Waals surface area contributed by atoms with Crippen LogP contribution in [0.1, 0.15) is 11.6 Å². The zero-order valence-electron chi connectivity index (χ0n) is 10.6. The van der Waals surface area contributed by atoms with Crippen molar-refractivity contribution in [3.8, 4) is 5.75 Å². The van der Waals surface area contributed by atoms with Crippen LogP contribution in [0.3, 0.4) is 0 Å². The Morgan fingerprint density at radius 2 is 1.85 bits per heavy atom. The van der Waals surface area contributed by atoms with Crippen molar-refractivity contribution in [2.75, 3.05) is 0 Å². The summed E-state index contributed by atoms with van der Waals surface area (Å²) in [6.07, 6.45) is 0. The Bertz CT molecular complexity index is 609. The molecule has 0 aliphatic carbocycles. The van der Waals surface area contributed by atoms with Gasteiger partial charge in [0, 0.05) is 0 Å². The zero-order valence-corrected chi connectivity index (χ0v) is 13.0. The van der Waals surface area contributed by atoms with E-state index in [-0.39, 0.29) is 16.4 Å². The van der Waals surface area contributed by atoms with Gasteiger partial charge in [-0.05, 0) is 35.9 Å². The van der Waals surface area contributed by atoms with Crippen molar-refractivity contribution < 1.29 is 13.5 Å². The van der Waals surface area contributed by atoms with Crippen molar-refractivity contribution in [3.05, 3.63) is 64.7 Å². The molecule has 2 rings (SSSR count). The van der Waals surface area contributed by atoms with E-state index in [1.807, 2.05) is 6.82 Å². The molecular formula is C14H11BBrClF2O. The Balaban J connectivity index is 2.30. The normalized spacial score (nSPS) is 12.1. The van der Waals surface area contributed by atoms with E-state index in [0.717, 1.165) is 0 Å². The maximum absolute atomic E-state index is 13.3. The van der Waals surface area contributed by atoms with Crippen LogP contribution >= 0.6 is 27.4 Å². The molecule has 0 saturated heterocycles. The molecule has 2 aromatic rings. The smallest absolute Gasteiger partial charge is 0.272 e. The second-order valence-electron chi connectivity index (χ2n) is 4.35. The highest BCUT2D eigenvalue weighted by molar-refractivity contribution is 9.24. The minimum Gasteiger partial charge on any atom is -0.492 e. The Hall–Kier alpha value is -1.07. The lowest BCUT2D eigenvalue weighted by molar-refractivity contribution is 0.282. The summed E-state index contributed by atoms with van der Waals surface area (Å²) < 4.78 is 32.1. The Morgan fingerprint density at radius 1 is 1.15 bits per heavy atom. The number of rotatable bonds is 4. The number of benzene rings is 2. The van der Waals surface area contributed by atoms with Gasteiger partial charge < -0.3 is 4.74 Å². The molecule has 1 atom stereocenters. The van der Waals surface area contributed by atoms with Crippen LogP contribution in [0.15, 0.2) is 42.5 Å². The molecule has 2 aromatic carbocycles. The molecular weight excluding hydrogens is 348 g/mol.